The van der Waals surface area contributed by atoms with Gasteiger partial charge in [0.1, 0.15) is 5.82 Å². The molecule has 98 valence electrons. The zero-order valence-corrected chi connectivity index (χ0v) is 10.3. The molecule has 19 heavy (non-hydrogen) atoms. The molecule has 0 aliphatic carbocycles. The lowest BCUT2D eigenvalue weighted by Gasteiger charge is -2.10. The average molecular weight is 260 g/mol. The summed E-state index contributed by atoms with van der Waals surface area (Å²) in [5.74, 6) is -1.52. The van der Waals surface area contributed by atoms with Gasteiger partial charge in [0.15, 0.2) is 0 Å². The molecule has 4 N–H and O–H groups in total. The largest absolute Gasteiger partial charge is 0.478 e. The Morgan fingerprint density at radius 1 is 1.26 bits per heavy atom. The number of benzene rings is 2. The van der Waals surface area contributed by atoms with E-state index in [4.69, 9.17) is 10.8 Å². The van der Waals surface area contributed by atoms with E-state index >= 15 is 0 Å². The van der Waals surface area contributed by atoms with Gasteiger partial charge in [-0.2, -0.15) is 0 Å². The molecular formula is C14H13FN2O2. The Kier molecular flexibility index (Phi) is 3.37. The second-order valence-electron chi connectivity index (χ2n) is 4.22. The molecule has 0 aliphatic heterocycles. The summed E-state index contributed by atoms with van der Waals surface area (Å²) in [4.78, 5) is 11.0. The van der Waals surface area contributed by atoms with Gasteiger partial charge in [-0.3, -0.25) is 0 Å². The third kappa shape index (κ3) is 2.82. The standard InChI is InChI=1S/C14H13FN2O2/c1-8-2-4-11(15)13(6-8)17-9-3-5-12(16)10(7-9)14(18)19/h2-7,17H,16H2,1H3,(H,18,19). The Hall–Kier alpha value is -2.56. The number of nitrogen functional groups attached to an aromatic ring is 1. The molecule has 4 nitrogen and oxygen atoms in total. The van der Waals surface area contributed by atoms with Crippen molar-refractivity contribution >= 4 is 23.0 Å². The maximum Gasteiger partial charge on any atom is 0.337 e. The fourth-order valence-corrected chi connectivity index (χ4v) is 1.71. The molecular weight excluding hydrogens is 247 g/mol. The molecule has 0 saturated carbocycles. The lowest BCUT2D eigenvalue weighted by molar-refractivity contribution is 0.0698. The minimum Gasteiger partial charge on any atom is -0.478 e. The van der Waals surface area contributed by atoms with Crippen molar-refractivity contribution in [1.82, 2.24) is 0 Å². The second-order valence-corrected chi connectivity index (χ2v) is 4.22. The molecule has 0 amide bonds. The predicted molar refractivity (Wildman–Crippen MR) is 72.2 cm³/mol. The number of aryl methyl sites for hydroxylation is 1. The summed E-state index contributed by atoms with van der Waals surface area (Å²) in [5.41, 5.74) is 7.37. The number of halogens is 1. The fourth-order valence-electron chi connectivity index (χ4n) is 1.71. The number of nitrogens with two attached hydrogens (primary N) is 1. The number of hydrogen-bond acceptors (Lipinski definition) is 3. The molecule has 0 saturated heterocycles. The summed E-state index contributed by atoms with van der Waals surface area (Å²) in [7, 11) is 0. The monoisotopic (exact) mass is 260 g/mol. The normalized spacial score (nSPS) is 10.2. The quantitative estimate of drug-likeness (QED) is 0.741. The van der Waals surface area contributed by atoms with Crippen LogP contribution >= 0.6 is 0 Å². The van der Waals surface area contributed by atoms with Gasteiger partial charge in [0, 0.05) is 11.4 Å². The van der Waals surface area contributed by atoms with Crippen molar-refractivity contribution in [3.05, 3.63) is 53.3 Å². The van der Waals surface area contributed by atoms with Gasteiger partial charge in [0.2, 0.25) is 0 Å². The number of carboxylic acid groups (broad SMARTS) is 1. The zero-order chi connectivity index (χ0) is 14.0. The van der Waals surface area contributed by atoms with Crippen molar-refractivity contribution in [1.29, 1.82) is 0 Å². The number of carboxylic acids is 1. The Morgan fingerprint density at radius 3 is 2.68 bits per heavy atom. The van der Waals surface area contributed by atoms with E-state index in [9.17, 15) is 9.18 Å². The van der Waals surface area contributed by atoms with Crippen LogP contribution in [0.1, 0.15) is 15.9 Å². The highest BCUT2D eigenvalue weighted by molar-refractivity contribution is 5.95. The molecule has 0 atom stereocenters. The highest BCUT2D eigenvalue weighted by Crippen LogP contribution is 2.24. The lowest BCUT2D eigenvalue weighted by atomic mass is 10.1. The van der Waals surface area contributed by atoms with Crippen LogP contribution in [0.4, 0.5) is 21.5 Å². The summed E-state index contributed by atoms with van der Waals surface area (Å²) in [6.45, 7) is 1.84. The molecule has 5 heteroatoms. The SMILES string of the molecule is Cc1ccc(F)c(Nc2ccc(N)c(C(=O)O)c2)c1. The number of carbonyl (C=O) groups is 1. The van der Waals surface area contributed by atoms with Crippen molar-refractivity contribution in [2.45, 2.75) is 6.92 Å². The van der Waals surface area contributed by atoms with Gasteiger partial charge in [-0.1, -0.05) is 6.07 Å². The van der Waals surface area contributed by atoms with Crippen molar-refractivity contribution < 1.29 is 14.3 Å². The Bertz CT molecular complexity index is 641. The van der Waals surface area contributed by atoms with Gasteiger partial charge in [-0.15, -0.1) is 0 Å². The molecule has 0 heterocycles. The van der Waals surface area contributed by atoms with E-state index < -0.39 is 11.8 Å². The van der Waals surface area contributed by atoms with E-state index in [1.807, 2.05) is 6.92 Å². The number of nitrogens with one attached hydrogen (secondary N) is 1. The maximum absolute atomic E-state index is 13.6. The van der Waals surface area contributed by atoms with Gasteiger partial charge in [0.25, 0.3) is 0 Å². The number of anilines is 3. The van der Waals surface area contributed by atoms with E-state index in [0.717, 1.165) is 5.56 Å². The summed E-state index contributed by atoms with van der Waals surface area (Å²) < 4.78 is 13.6. The van der Waals surface area contributed by atoms with Crippen LogP contribution in [-0.2, 0) is 0 Å². The van der Waals surface area contributed by atoms with Gasteiger partial charge in [0.05, 0.1) is 11.3 Å². The number of hydrogen-bond donors (Lipinski definition) is 3. The smallest absolute Gasteiger partial charge is 0.337 e. The average Bonchev–Trinajstić information content (AvgIpc) is 2.36. The summed E-state index contributed by atoms with van der Waals surface area (Å²) in [6.07, 6.45) is 0. The maximum atomic E-state index is 13.6. The molecule has 0 bridgehead atoms. The Balaban J connectivity index is 2.36. The summed E-state index contributed by atoms with van der Waals surface area (Å²) >= 11 is 0. The van der Waals surface area contributed by atoms with Crippen molar-refractivity contribution in [2.75, 3.05) is 11.1 Å². The first-order chi connectivity index (χ1) is 8.97. The molecule has 0 aromatic heterocycles. The van der Waals surface area contributed by atoms with Gasteiger partial charge in [-0.05, 0) is 42.8 Å². The van der Waals surface area contributed by atoms with Crippen LogP contribution in [0.5, 0.6) is 0 Å². The zero-order valence-electron chi connectivity index (χ0n) is 10.3. The van der Waals surface area contributed by atoms with E-state index in [2.05, 4.69) is 5.32 Å². The number of aromatic carboxylic acids is 1. The topological polar surface area (TPSA) is 75.3 Å². The molecule has 0 unspecified atom stereocenters. The summed E-state index contributed by atoms with van der Waals surface area (Å²) in [6, 6.07) is 9.11. The highest BCUT2D eigenvalue weighted by atomic mass is 19.1. The molecule has 2 aromatic carbocycles. The first-order valence-electron chi connectivity index (χ1n) is 5.63. The Morgan fingerprint density at radius 2 is 2.00 bits per heavy atom. The first-order valence-corrected chi connectivity index (χ1v) is 5.63. The van der Waals surface area contributed by atoms with Crippen LogP contribution in [0, 0.1) is 12.7 Å². The number of rotatable bonds is 3. The fraction of sp³-hybridized carbons (Fsp3) is 0.0714. The minimum atomic E-state index is -1.12. The van der Waals surface area contributed by atoms with Crippen LogP contribution in [-0.4, -0.2) is 11.1 Å². The highest BCUT2D eigenvalue weighted by Gasteiger charge is 2.09. The van der Waals surface area contributed by atoms with Gasteiger partial charge < -0.3 is 16.2 Å². The van der Waals surface area contributed by atoms with Crippen LogP contribution in [0.15, 0.2) is 36.4 Å². The Labute approximate surface area is 109 Å². The van der Waals surface area contributed by atoms with Gasteiger partial charge in [-0.25, -0.2) is 9.18 Å². The first kappa shape index (κ1) is 12.9. The predicted octanol–water partition coefficient (Wildman–Crippen LogP) is 3.16. The van der Waals surface area contributed by atoms with Crippen LogP contribution < -0.4 is 11.1 Å². The van der Waals surface area contributed by atoms with Crippen molar-refractivity contribution in [3.63, 3.8) is 0 Å². The molecule has 0 radical (unpaired) electrons. The second kappa shape index (κ2) is 4.97. The van der Waals surface area contributed by atoms with Crippen molar-refractivity contribution in [3.8, 4) is 0 Å². The molecule has 0 spiro atoms. The summed E-state index contributed by atoms with van der Waals surface area (Å²) in [5, 5.41) is 11.8. The van der Waals surface area contributed by atoms with Gasteiger partial charge >= 0.3 is 5.97 Å². The van der Waals surface area contributed by atoms with Crippen LogP contribution in [0.25, 0.3) is 0 Å². The third-order valence-corrected chi connectivity index (χ3v) is 2.68. The molecule has 2 aromatic rings. The van der Waals surface area contributed by atoms with E-state index in [1.54, 1.807) is 18.2 Å². The molecule has 0 aliphatic rings. The molecule has 0 fully saturated rings. The van der Waals surface area contributed by atoms with Crippen molar-refractivity contribution in [2.24, 2.45) is 0 Å². The van der Waals surface area contributed by atoms with Crippen LogP contribution in [0.2, 0.25) is 0 Å². The molecule has 2 rings (SSSR count). The van der Waals surface area contributed by atoms with Crippen LogP contribution in [0.3, 0.4) is 0 Å². The van der Waals surface area contributed by atoms with E-state index in [1.165, 1.54) is 18.2 Å². The van der Waals surface area contributed by atoms with E-state index in [-0.39, 0.29) is 11.3 Å². The third-order valence-electron chi connectivity index (χ3n) is 2.68. The minimum absolute atomic E-state index is 0.0157. The van der Waals surface area contributed by atoms with E-state index in [0.29, 0.717) is 11.4 Å². The lowest BCUT2D eigenvalue weighted by Crippen LogP contribution is -2.03.